The summed E-state index contributed by atoms with van der Waals surface area (Å²) in [4.78, 5) is 14.3. The summed E-state index contributed by atoms with van der Waals surface area (Å²) in [5, 5.41) is 2.73. The number of allylic oxidation sites excluding steroid dienone is 2. The van der Waals surface area contributed by atoms with E-state index in [1.807, 2.05) is 0 Å². The van der Waals surface area contributed by atoms with E-state index in [2.05, 4.69) is 14.9 Å². The van der Waals surface area contributed by atoms with Crippen LogP contribution in [0.2, 0.25) is 0 Å². The molecular formula is C14H16F2N2O4. The molecule has 0 aromatic carbocycles. The van der Waals surface area contributed by atoms with E-state index in [9.17, 15) is 13.7 Å². The first-order valence-corrected chi connectivity index (χ1v) is 6.75. The van der Waals surface area contributed by atoms with E-state index >= 15 is 0 Å². The van der Waals surface area contributed by atoms with Crippen molar-refractivity contribution in [1.82, 2.24) is 4.98 Å². The molecule has 1 aliphatic carbocycles. The Morgan fingerprint density at radius 2 is 2.27 bits per heavy atom. The first-order valence-electron chi connectivity index (χ1n) is 6.75. The summed E-state index contributed by atoms with van der Waals surface area (Å²) in [5.74, 6) is 0.570. The molecule has 0 unspecified atom stereocenters. The molecule has 8 heteroatoms. The Kier molecular flexibility index (Phi) is 5.37. The summed E-state index contributed by atoms with van der Waals surface area (Å²) < 4.78 is 40.2. The molecule has 0 N–H and O–H groups in total. The van der Waals surface area contributed by atoms with E-state index in [0.29, 0.717) is 17.0 Å². The maximum absolute atomic E-state index is 12.4. The minimum atomic E-state index is -2.88. The molecular weight excluding hydrogens is 298 g/mol. The van der Waals surface area contributed by atoms with Gasteiger partial charge < -0.3 is 13.9 Å². The lowest BCUT2D eigenvalue weighted by molar-refractivity contribution is -0.163. The molecule has 2 rings (SSSR count). The summed E-state index contributed by atoms with van der Waals surface area (Å²) in [7, 11) is 0. The van der Waals surface area contributed by atoms with Crippen LogP contribution in [-0.2, 0) is 16.0 Å². The van der Waals surface area contributed by atoms with Crippen LogP contribution in [0.25, 0.3) is 5.57 Å². The molecule has 0 amide bonds. The summed E-state index contributed by atoms with van der Waals surface area (Å²) in [6, 6.07) is 0. The summed E-state index contributed by atoms with van der Waals surface area (Å²) in [6.07, 6.45) is 3.73. The van der Waals surface area contributed by atoms with Gasteiger partial charge in [-0.1, -0.05) is 11.3 Å². The molecule has 1 aliphatic rings. The highest BCUT2D eigenvalue weighted by Gasteiger charge is 2.26. The number of oxazole rings is 1. The van der Waals surface area contributed by atoms with Crippen LogP contribution in [0.1, 0.15) is 31.9 Å². The number of alkyl halides is 2. The van der Waals surface area contributed by atoms with Crippen molar-refractivity contribution in [3.63, 3.8) is 0 Å². The van der Waals surface area contributed by atoms with Crippen molar-refractivity contribution < 1.29 is 22.7 Å². The smallest absolute Gasteiger partial charge is 0.346 e. The van der Waals surface area contributed by atoms with E-state index in [1.54, 1.807) is 26.0 Å². The molecule has 0 bridgehead atoms. The SMILES string of the molecule is CC(C)OC1=CC(c2nc(CN=O)co2)=CC[C@H]1OC(F)F. The quantitative estimate of drug-likeness (QED) is 0.718. The van der Waals surface area contributed by atoms with Crippen molar-refractivity contribution in [2.24, 2.45) is 5.18 Å². The monoisotopic (exact) mass is 314 g/mol. The van der Waals surface area contributed by atoms with Gasteiger partial charge in [0.2, 0.25) is 5.89 Å². The Hall–Kier alpha value is -2.09. The van der Waals surface area contributed by atoms with Crippen LogP contribution in [0, 0.1) is 4.91 Å². The lowest BCUT2D eigenvalue weighted by Crippen LogP contribution is -2.24. The Bertz CT molecular complexity index is 581. The van der Waals surface area contributed by atoms with Crippen LogP contribution in [0.3, 0.4) is 0 Å². The standard InChI is InChI=1S/C14H16F2N2O4/c1-8(2)21-12-5-9(3-4-11(12)22-14(15)16)13-18-10(6-17-19)7-20-13/h3,5,7-8,11,14H,4,6H2,1-2H3/t11-/m1/s1. The van der Waals surface area contributed by atoms with E-state index in [-0.39, 0.29) is 25.0 Å². The predicted molar refractivity (Wildman–Crippen MR) is 73.8 cm³/mol. The molecule has 0 saturated carbocycles. The van der Waals surface area contributed by atoms with Gasteiger partial charge in [0.05, 0.1) is 6.10 Å². The molecule has 0 radical (unpaired) electrons. The number of hydrogen-bond acceptors (Lipinski definition) is 6. The van der Waals surface area contributed by atoms with Gasteiger partial charge in [-0.15, -0.1) is 0 Å². The largest absolute Gasteiger partial charge is 0.493 e. The second-order valence-electron chi connectivity index (χ2n) is 4.93. The minimum Gasteiger partial charge on any atom is -0.493 e. The molecule has 0 fully saturated rings. The highest BCUT2D eigenvalue weighted by atomic mass is 19.3. The second kappa shape index (κ2) is 7.26. The predicted octanol–water partition coefficient (Wildman–Crippen LogP) is 3.64. The van der Waals surface area contributed by atoms with Gasteiger partial charge in [0.15, 0.2) is 0 Å². The highest BCUT2D eigenvalue weighted by molar-refractivity contribution is 5.70. The van der Waals surface area contributed by atoms with Crippen molar-refractivity contribution in [3.8, 4) is 0 Å². The average Bonchev–Trinajstić information content (AvgIpc) is 2.88. The van der Waals surface area contributed by atoms with Gasteiger partial charge in [-0.2, -0.15) is 13.7 Å². The molecule has 1 aromatic heterocycles. The van der Waals surface area contributed by atoms with Crippen LogP contribution >= 0.6 is 0 Å². The minimum absolute atomic E-state index is 0.0903. The highest BCUT2D eigenvalue weighted by Crippen LogP contribution is 2.29. The fraction of sp³-hybridized carbons (Fsp3) is 0.500. The fourth-order valence-corrected chi connectivity index (χ4v) is 2.01. The maximum atomic E-state index is 12.4. The van der Waals surface area contributed by atoms with E-state index in [0.717, 1.165) is 0 Å². The van der Waals surface area contributed by atoms with Crippen molar-refractivity contribution >= 4 is 5.57 Å². The number of halogens is 2. The summed E-state index contributed by atoms with van der Waals surface area (Å²) in [5.41, 5.74) is 0.985. The van der Waals surface area contributed by atoms with Gasteiger partial charge in [-0.3, -0.25) is 0 Å². The Balaban J connectivity index is 2.20. The van der Waals surface area contributed by atoms with E-state index in [1.165, 1.54) is 6.26 Å². The van der Waals surface area contributed by atoms with Gasteiger partial charge in [-0.25, -0.2) is 4.98 Å². The third kappa shape index (κ3) is 4.20. The zero-order valence-corrected chi connectivity index (χ0v) is 12.2. The molecule has 0 spiro atoms. The van der Waals surface area contributed by atoms with E-state index in [4.69, 9.17) is 9.15 Å². The number of nitrogens with zero attached hydrogens (tertiary/aromatic N) is 2. The third-order valence-corrected chi connectivity index (χ3v) is 2.83. The Morgan fingerprint density at radius 3 is 2.91 bits per heavy atom. The molecule has 120 valence electrons. The van der Waals surface area contributed by atoms with Gasteiger partial charge in [-0.05, 0) is 19.9 Å². The third-order valence-electron chi connectivity index (χ3n) is 2.83. The van der Waals surface area contributed by atoms with Gasteiger partial charge >= 0.3 is 6.61 Å². The number of hydrogen-bond donors (Lipinski definition) is 0. The van der Waals surface area contributed by atoms with Crippen molar-refractivity contribution in [1.29, 1.82) is 0 Å². The molecule has 0 aliphatic heterocycles. The lowest BCUT2D eigenvalue weighted by atomic mass is 10.0. The van der Waals surface area contributed by atoms with E-state index < -0.39 is 12.7 Å². The van der Waals surface area contributed by atoms with Crippen LogP contribution in [0.4, 0.5) is 8.78 Å². The number of ether oxygens (including phenoxy) is 2. The second-order valence-corrected chi connectivity index (χ2v) is 4.93. The van der Waals surface area contributed by atoms with Gasteiger partial charge in [0.1, 0.15) is 30.4 Å². The van der Waals surface area contributed by atoms with Crippen LogP contribution in [0.5, 0.6) is 0 Å². The molecule has 1 aromatic rings. The summed E-state index contributed by atoms with van der Waals surface area (Å²) >= 11 is 0. The van der Waals surface area contributed by atoms with Gasteiger partial charge in [0, 0.05) is 12.0 Å². The maximum Gasteiger partial charge on any atom is 0.346 e. The van der Waals surface area contributed by atoms with Gasteiger partial charge in [0.25, 0.3) is 0 Å². The molecule has 1 atom stereocenters. The Labute approximate surface area is 125 Å². The molecule has 1 heterocycles. The zero-order valence-electron chi connectivity index (χ0n) is 12.2. The van der Waals surface area contributed by atoms with Crippen molar-refractivity contribution in [3.05, 3.63) is 40.7 Å². The average molecular weight is 314 g/mol. The first-order chi connectivity index (χ1) is 10.5. The number of rotatable bonds is 7. The molecule has 0 saturated heterocycles. The zero-order chi connectivity index (χ0) is 16.1. The number of aromatic nitrogens is 1. The number of nitroso groups, excluding NO2 is 1. The Morgan fingerprint density at radius 1 is 1.50 bits per heavy atom. The lowest BCUT2D eigenvalue weighted by Gasteiger charge is -2.25. The van der Waals surface area contributed by atoms with Crippen LogP contribution < -0.4 is 0 Å². The van der Waals surface area contributed by atoms with Crippen molar-refractivity contribution in [2.75, 3.05) is 0 Å². The first kappa shape index (κ1) is 16.3. The van der Waals surface area contributed by atoms with Crippen LogP contribution in [0.15, 0.2) is 33.8 Å². The normalized spacial score (nSPS) is 18.4. The summed E-state index contributed by atoms with van der Waals surface area (Å²) in [6.45, 7) is 0.604. The van der Waals surface area contributed by atoms with Crippen molar-refractivity contribution in [2.45, 2.75) is 45.6 Å². The molecule has 6 nitrogen and oxygen atoms in total. The van der Waals surface area contributed by atoms with Crippen LogP contribution in [-0.4, -0.2) is 23.8 Å². The fourth-order valence-electron chi connectivity index (χ4n) is 2.01. The topological polar surface area (TPSA) is 73.9 Å². The molecule has 22 heavy (non-hydrogen) atoms.